The molecular weight excluding hydrogens is 498 g/mol. The first kappa shape index (κ1) is 24.3. The molecule has 0 bridgehead atoms. The fourth-order valence-electron chi connectivity index (χ4n) is 4.45. The number of thiophene rings is 1. The van der Waals surface area contributed by atoms with Gasteiger partial charge in [-0.15, -0.1) is 11.3 Å². The van der Waals surface area contributed by atoms with E-state index in [1.165, 1.54) is 34.8 Å². The van der Waals surface area contributed by atoms with Crippen LogP contribution in [0.25, 0.3) is 10.9 Å². The van der Waals surface area contributed by atoms with E-state index in [1.54, 1.807) is 0 Å². The van der Waals surface area contributed by atoms with Crippen molar-refractivity contribution in [2.45, 2.75) is 32.4 Å². The lowest BCUT2D eigenvalue weighted by Gasteiger charge is -2.15. The van der Waals surface area contributed by atoms with Crippen molar-refractivity contribution in [3.63, 3.8) is 0 Å². The molecular formula is C25H25N5O4S2. The summed E-state index contributed by atoms with van der Waals surface area (Å²) in [5.74, 6) is 0.302. The molecule has 9 nitrogen and oxygen atoms in total. The Labute approximate surface area is 212 Å². The second kappa shape index (κ2) is 9.94. The molecule has 1 atom stereocenters. The maximum Gasteiger partial charge on any atom is 0.333 e. The lowest BCUT2D eigenvalue weighted by atomic mass is 10.1. The molecule has 1 aromatic carbocycles. The minimum Gasteiger partial charge on any atom is -0.366 e. The van der Waals surface area contributed by atoms with E-state index in [0.29, 0.717) is 35.6 Å². The Morgan fingerprint density at radius 2 is 2.17 bits per heavy atom. The van der Waals surface area contributed by atoms with Crippen LogP contribution in [0.4, 0.5) is 5.82 Å². The van der Waals surface area contributed by atoms with Gasteiger partial charge in [0, 0.05) is 35.9 Å². The van der Waals surface area contributed by atoms with Crippen molar-refractivity contribution < 1.29 is 17.4 Å². The van der Waals surface area contributed by atoms with Gasteiger partial charge in [-0.1, -0.05) is 24.3 Å². The fourth-order valence-corrected chi connectivity index (χ4v) is 5.62. The zero-order valence-corrected chi connectivity index (χ0v) is 21.2. The Morgan fingerprint density at radius 1 is 1.33 bits per heavy atom. The number of carbonyl (C=O) groups is 1. The van der Waals surface area contributed by atoms with E-state index in [1.807, 2.05) is 29.7 Å². The van der Waals surface area contributed by atoms with Crippen molar-refractivity contribution in [3.05, 3.63) is 87.6 Å². The Kier molecular flexibility index (Phi) is 6.71. The Morgan fingerprint density at radius 3 is 3.00 bits per heavy atom. The lowest BCUT2D eigenvalue weighted by molar-refractivity contribution is 0.104. The molecule has 1 aliphatic carbocycles. The van der Waals surface area contributed by atoms with E-state index < -0.39 is 10.3 Å². The standard InChI is InChI=1S/C25H25N5O4S2/c1-16-11-30(22-5-3-2-4-20(16)22)12-18-9-23(35-14-18)24(31)21-10-27-15-28-25(21)29-19-7-6-17(8-19)13-34-36(26,32)33/h2-6,9-11,14-15,19H,7-8,12-13H2,1H3,(H2,26,32,33)(H,27,28,29)/t19-/m0/s1. The Balaban J connectivity index is 1.28. The van der Waals surface area contributed by atoms with E-state index in [-0.39, 0.29) is 18.4 Å². The van der Waals surface area contributed by atoms with Gasteiger partial charge in [0.25, 0.3) is 0 Å². The zero-order chi connectivity index (χ0) is 25.3. The molecule has 3 heterocycles. The van der Waals surface area contributed by atoms with Gasteiger partial charge in [0.05, 0.1) is 17.0 Å². The monoisotopic (exact) mass is 523 g/mol. The van der Waals surface area contributed by atoms with Crippen LogP contribution in [0.1, 0.15) is 39.2 Å². The van der Waals surface area contributed by atoms with Crippen molar-refractivity contribution in [3.8, 4) is 0 Å². The first-order valence-electron chi connectivity index (χ1n) is 11.3. The van der Waals surface area contributed by atoms with Gasteiger partial charge in [0.1, 0.15) is 12.1 Å². The number of hydrogen-bond donors (Lipinski definition) is 2. The van der Waals surface area contributed by atoms with Gasteiger partial charge in [-0.3, -0.25) is 8.98 Å². The predicted molar refractivity (Wildman–Crippen MR) is 139 cm³/mol. The minimum absolute atomic E-state index is 0.0466. The summed E-state index contributed by atoms with van der Waals surface area (Å²) in [6.07, 6.45) is 8.16. The largest absolute Gasteiger partial charge is 0.366 e. The van der Waals surface area contributed by atoms with Crippen LogP contribution >= 0.6 is 11.3 Å². The number of benzene rings is 1. The van der Waals surface area contributed by atoms with Crippen molar-refractivity contribution in [1.82, 2.24) is 14.5 Å². The molecule has 3 aromatic heterocycles. The summed E-state index contributed by atoms with van der Waals surface area (Å²) in [6.45, 7) is 2.69. The molecule has 3 N–H and O–H groups in total. The number of aromatic nitrogens is 3. The quantitative estimate of drug-likeness (QED) is 0.252. The van der Waals surface area contributed by atoms with Crippen molar-refractivity contribution in [2.75, 3.05) is 11.9 Å². The van der Waals surface area contributed by atoms with E-state index in [9.17, 15) is 13.2 Å². The van der Waals surface area contributed by atoms with Crippen LogP contribution in [-0.4, -0.2) is 41.4 Å². The highest BCUT2D eigenvalue weighted by molar-refractivity contribution is 7.84. The summed E-state index contributed by atoms with van der Waals surface area (Å²) in [7, 11) is -3.99. The molecule has 0 fully saturated rings. The topological polar surface area (TPSA) is 129 Å². The maximum atomic E-state index is 13.4. The summed E-state index contributed by atoms with van der Waals surface area (Å²) >= 11 is 1.40. The molecule has 0 radical (unpaired) electrons. The average molecular weight is 524 g/mol. The second-order valence-electron chi connectivity index (χ2n) is 8.79. The van der Waals surface area contributed by atoms with Gasteiger partial charge in [0.2, 0.25) is 5.78 Å². The third kappa shape index (κ3) is 5.39. The zero-order valence-electron chi connectivity index (χ0n) is 19.5. The number of carbonyl (C=O) groups excluding carboxylic acids is 1. The molecule has 11 heteroatoms. The van der Waals surface area contributed by atoms with E-state index >= 15 is 0 Å². The molecule has 0 amide bonds. The molecule has 1 aliphatic rings. The van der Waals surface area contributed by atoms with E-state index in [2.05, 4.69) is 49.3 Å². The number of anilines is 1. The summed E-state index contributed by atoms with van der Waals surface area (Å²) in [5.41, 5.74) is 4.64. The van der Waals surface area contributed by atoms with Crippen LogP contribution in [-0.2, 0) is 21.0 Å². The van der Waals surface area contributed by atoms with E-state index in [0.717, 1.165) is 16.7 Å². The summed E-state index contributed by atoms with van der Waals surface area (Å²) < 4.78 is 28.9. The average Bonchev–Trinajstić information content (AvgIpc) is 3.58. The number of fused-ring (bicyclic) bond motifs is 1. The number of ketones is 1. The lowest BCUT2D eigenvalue weighted by Crippen LogP contribution is -2.21. The van der Waals surface area contributed by atoms with Crippen LogP contribution < -0.4 is 10.5 Å². The fraction of sp³-hybridized carbons (Fsp3) is 0.240. The van der Waals surface area contributed by atoms with E-state index in [4.69, 9.17) is 5.14 Å². The van der Waals surface area contributed by atoms with Crippen molar-refractivity contribution in [1.29, 1.82) is 0 Å². The summed E-state index contributed by atoms with van der Waals surface area (Å²) in [4.78, 5) is 22.3. The number of nitrogens with two attached hydrogens (primary N) is 1. The van der Waals surface area contributed by atoms with Gasteiger partial charge < -0.3 is 9.88 Å². The van der Waals surface area contributed by atoms with Crippen LogP contribution in [0, 0.1) is 6.92 Å². The molecule has 186 valence electrons. The first-order valence-corrected chi connectivity index (χ1v) is 13.7. The van der Waals surface area contributed by atoms with Crippen molar-refractivity contribution in [2.24, 2.45) is 5.14 Å². The number of nitrogens with one attached hydrogen (secondary N) is 1. The molecule has 36 heavy (non-hydrogen) atoms. The molecule has 0 aliphatic heterocycles. The van der Waals surface area contributed by atoms with Crippen LogP contribution in [0.15, 0.2) is 66.1 Å². The highest BCUT2D eigenvalue weighted by Gasteiger charge is 2.23. The number of para-hydroxylation sites is 1. The van der Waals surface area contributed by atoms with Gasteiger partial charge in [0.15, 0.2) is 0 Å². The predicted octanol–water partition coefficient (Wildman–Crippen LogP) is 3.80. The number of nitrogens with zero attached hydrogens (tertiary/aromatic N) is 3. The minimum atomic E-state index is -3.99. The van der Waals surface area contributed by atoms with Crippen LogP contribution in [0.5, 0.6) is 0 Å². The SMILES string of the molecule is Cc1cn(Cc2csc(C(=O)c3cncnc3N[C@H]3CC=C(COS(N)(=O)=O)C3)c2)c2ccccc12. The molecule has 0 spiro atoms. The maximum absolute atomic E-state index is 13.4. The third-order valence-corrected chi connectivity index (χ3v) is 7.55. The Hall–Kier alpha value is -3.38. The van der Waals surface area contributed by atoms with Gasteiger partial charge in [-0.25, -0.2) is 15.1 Å². The summed E-state index contributed by atoms with van der Waals surface area (Å²) in [5, 5.41) is 11.4. The van der Waals surface area contributed by atoms with Crippen LogP contribution in [0.2, 0.25) is 0 Å². The molecule has 0 saturated heterocycles. The smallest absolute Gasteiger partial charge is 0.333 e. The van der Waals surface area contributed by atoms with Gasteiger partial charge in [-0.05, 0) is 54.0 Å². The number of hydrogen-bond acceptors (Lipinski definition) is 8. The Bertz CT molecular complexity index is 1570. The molecule has 4 aromatic rings. The second-order valence-corrected chi connectivity index (χ2v) is 10.9. The van der Waals surface area contributed by atoms with Gasteiger partial charge in [-0.2, -0.15) is 8.42 Å². The number of rotatable bonds is 9. The summed E-state index contributed by atoms with van der Waals surface area (Å²) in [6, 6.07) is 10.2. The molecule has 0 unspecified atom stereocenters. The highest BCUT2D eigenvalue weighted by atomic mass is 32.2. The first-order chi connectivity index (χ1) is 17.3. The highest BCUT2D eigenvalue weighted by Crippen LogP contribution is 2.27. The van der Waals surface area contributed by atoms with Gasteiger partial charge >= 0.3 is 10.3 Å². The third-order valence-electron chi connectivity index (χ3n) is 6.12. The molecule has 5 rings (SSSR count). The van der Waals surface area contributed by atoms with Crippen molar-refractivity contribution >= 4 is 44.1 Å². The normalized spacial score (nSPS) is 15.8. The van der Waals surface area contributed by atoms with Crippen LogP contribution in [0.3, 0.4) is 0 Å². The molecule has 0 saturated carbocycles. The number of aryl methyl sites for hydroxylation is 1.